The molecule has 4 nitrogen and oxygen atoms in total. The first kappa shape index (κ1) is 13.6. The standard InChI is InChI=1S/C12H14Cl2N2O2/c1-7-8(2-3-18-7)5-16-12(17)9-4-10(13)11(14)15-6-9/h4,6-8H,2-3,5H2,1H3,(H,16,17). The number of ether oxygens (including phenoxy) is 1. The highest BCUT2D eigenvalue weighted by molar-refractivity contribution is 6.41. The maximum absolute atomic E-state index is 11.9. The third-order valence-corrected chi connectivity index (χ3v) is 3.80. The van der Waals surface area contributed by atoms with Gasteiger partial charge in [0.25, 0.3) is 5.91 Å². The highest BCUT2D eigenvalue weighted by Crippen LogP contribution is 2.21. The van der Waals surface area contributed by atoms with Gasteiger partial charge in [-0.1, -0.05) is 23.2 Å². The van der Waals surface area contributed by atoms with E-state index in [1.807, 2.05) is 6.92 Å². The SMILES string of the molecule is CC1OCCC1CNC(=O)c1cnc(Cl)c(Cl)c1. The smallest absolute Gasteiger partial charge is 0.252 e. The summed E-state index contributed by atoms with van der Waals surface area (Å²) in [7, 11) is 0. The molecule has 0 spiro atoms. The minimum Gasteiger partial charge on any atom is -0.378 e. The summed E-state index contributed by atoms with van der Waals surface area (Å²) in [5.74, 6) is 0.171. The molecule has 2 heterocycles. The van der Waals surface area contributed by atoms with Crippen LogP contribution in [0.5, 0.6) is 0 Å². The fourth-order valence-corrected chi connectivity index (χ4v) is 2.19. The van der Waals surface area contributed by atoms with Gasteiger partial charge >= 0.3 is 0 Å². The fourth-order valence-electron chi connectivity index (χ4n) is 1.92. The number of carbonyl (C=O) groups is 1. The molecule has 1 aliphatic heterocycles. The third-order valence-electron chi connectivity index (χ3n) is 3.12. The van der Waals surface area contributed by atoms with Gasteiger partial charge < -0.3 is 10.1 Å². The van der Waals surface area contributed by atoms with E-state index in [4.69, 9.17) is 27.9 Å². The van der Waals surface area contributed by atoms with E-state index in [2.05, 4.69) is 10.3 Å². The Bertz CT molecular complexity index is 454. The first-order chi connectivity index (χ1) is 8.58. The van der Waals surface area contributed by atoms with Crippen molar-refractivity contribution >= 4 is 29.1 Å². The van der Waals surface area contributed by atoms with Gasteiger partial charge in [0.15, 0.2) is 0 Å². The molecule has 1 aromatic rings. The Morgan fingerprint density at radius 3 is 3.00 bits per heavy atom. The van der Waals surface area contributed by atoms with E-state index in [1.165, 1.54) is 12.3 Å². The number of nitrogens with one attached hydrogen (secondary N) is 1. The van der Waals surface area contributed by atoms with Crippen molar-refractivity contribution in [1.82, 2.24) is 10.3 Å². The lowest BCUT2D eigenvalue weighted by atomic mass is 10.0. The van der Waals surface area contributed by atoms with Gasteiger partial charge in [0.1, 0.15) is 5.15 Å². The van der Waals surface area contributed by atoms with Crippen molar-refractivity contribution in [1.29, 1.82) is 0 Å². The molecule has 1 N–H and O–H groups in total. The number of pyridine rings is 1. The van der Waals surface area contributed by atoms with Crippen LogP contribution in [-0.2, 0) is 4.74 Å². The van der Waals surface area contributed by atoms with Crippen LogP contribution in [0.4, 0.5) is 0 Å². The third kappa shape index (κ3) is 3.13. The Kier molecular flexibility index (Phi) is 4.43. The second-order valence-corrected chi connectivity index (χ2v) is 5.10. The molecular weight excluding hydrogens is 275 g/mol. The van der Waals surface area contributed by atoms with Crippen molar-refractivity contribution in [3.63, 3.8) is 0 Å². The number of halogens is 2. The van der Waals surface area contributed by atoms with Crippen molar-refractivity contribution in [2.24, 2.45) is 5.92 Å². The molecular formula is C12H14Cl2N2O2. The van der Waals surface area contributed by atoms with E-state index in [0.717, 1.165) is 13.0 Å². The highest BCUT2D eigenvalue weighted by atomic mass is 35.5. The number of carbonyl (C=O) groups excluding carboxylic acids is 1. The molecule has 1 amide bonds. The van der Waals surface area contributed by atoms with Gasteiger partial charge in [-0.25, -0.2) is 4.98 Å². The summed E-state index contributed by atoms with van der Waals surface area (Å²) in [5.41, 5.74) is 0.413. The van der Waals surface area contributed by atoms with Crippen LogP contribution >= 0.6 is 23.2 Å². The van der Waals surface area contributed by atoms with Crippen LogP contribution in [0.25, 0.3) is 0 Å². The number of nitrogens with zero attached hydrogens (tertiary/aromatic N) is 1. The van der Waals surface area contributed by atoms with Gasteiger partial charge in [-0.3, -0.25) is 4.79 Å². The van der Waals surface area contributed by atoms with Crippen LogP contribution in [0, 0.1) is 5.92 Å². The van der Waals surface area contributed by atoms with Crippen molar-refractivity contribution < 1.29 is 9.53 Å². The molecule has 1 aliphatic rings. The minimum atomic E-state index is -0.194. The van der Waals surface area contributed by atoms with Crippen molar-refractivity contribution in [2.45, 2.75) is 19.4 Å². The molecule has 98 valence electrons. The number of rotatable bonds is 3. The molecule has 6 heteroatoms. The van der Waals surface area contributed by atoms with Crippen LogP contribution in [0.3, 0.4) is 0 Å². The largest absolute Gasteiger partial charge is 0.378 e. The van der Waals surface area contributed by atoms with Gasteiger partial charge in [-0.05, 0) is 19.4 Å². The second-order valence-electron chi connectivity index (χ2n) is 4.33. The monoisotopic (exact) mass is 288 g/mol. The number of hydrogen-bond donors (Lipinski definition) is 1. The Balaban J connectivity index is 1.93. The minimum absolute atomic E-state index is 0.192. The summed E-state index contributed by atoms with van der Waals surface area (Å²) in [6.45, 7) is 3.38. The molecule has 0 aromatic carbocycles. The quantitative estimate of drug-likeness (QED) is 0.870. The summed E-state index contributed by atoms with van der Waals surface area (Å²) in [4.78, 5) is 15.7. The first-order valence-corrected chi connectivity index (χ1v) is 6.54. The van der Waals surface area contributed by atoms with Gasteiger partial charge in [0.2, 0.25) is 0 Å². The number of hydrogen-bond acceptors (Lipinski definition) is 3. The average molecular weight is 289 g/mol. The zero-order valence-corrected chi connectivity index (χ0v) is 11.5. The molecule has 1 aromatic heterocycles. The van der Waals surface area contributed by atoms with Crippen molar-refractivity contribution in [2.75, 3.05) is 13.2 Å². The summed E-state index contributed by atoms with van der Waals surface area (Å²) in [6, 6.07) is 1.51. The van der Waals surface area contributed by atoms with E-state index in [-0.39, 0.29) is 22.2 Å². The Hall–Kier alpha value is -0.840. The van der Waals surface area contributed by atoms with Gasteiger partial charge in [-0.2, -0.15) is 0 Å². The second kappa shape index (κ2) is 5.87. The number of amides is 1. The normalized spacial score (nSPS) is 23.1. The highest BCUT2D eigenvalue weighted by Gasteiger charge is 2.24. The van der Waals surface area contributed by atoms with Crippen LogP contribution in [-0.4, -0.2) is 30.1 Å². The van der Waals surface area contributed by atoms with E-state index in [0.29, 0.717) is 18.0 Å². The van der Waals surface area contributed by atoms with Crippen molar-refractivity contribution in [3.05, 3.63) is 28.0 Å². The van der Waals surface area contributed by atoms with E-state index in [1.54, 1.807) is 0 Å². The van der Waals surface area contributed by atoms with E-state index >= 15 is 0 Å². The lowest BCUT2D eigenvalue weighted by Crippen LogP contribution is -2.32. The molecule has 1 fully saturated rings. The molecule has 2 unspecified atom stereocenters. The predicted octanol–water partition coefficient (Wildman–Crippen LogP) is 2.54. The Labute approximate surface area is 116 Å². The van der Waals surface area contributed by atoms with Crippen LogP contribution < -0.4 is 5.32 Å². The zero-order chi connectivity index (χ0) is 13.1. The molecule has 0 radical (unpaired) electrons. The molecule has 2 atom stereocenters. The topological polar surface area (TPSA) is 51.2 Å². The maximum Gasteiger partial charge on any atom is 0.252 e. The Morgan fingerprint density at radius 2 is 2.39 bits per heavy atom. The summed E-state index contributed by atoms with van der Waals surface area (Å²) in [6.07, 6.45) is 2.58. The molecule has 0 aliphatic carbocycles. The molecule has 0 saturated carbocycles. The molecule has 18 heavy (non-hydrogen) atoms. The average Bonchev–Trinajstić information content (AvgIpc) is 2.75. The summed E-state index contributed by atoms with van der Waals surface area (Å²) >= 11 is 11.5. The van der Waals surface area contributed by atoms with Gasteiger partial charge in [0.05, 0.1) is 16.7 Å². The molecule has 0 bridgehead atoms. The first-order valence-electron chi connectivity index (χ1n) is 5.79. The predicted molar refractivity (Wildman–Crippen MR) is 70.1 cm³/mol. The fraction of sp³-hybridized carbons (Fsp3) is 0.500. The van der Waals surface area contributed by atoms with Crippen LogP contribution in [0.1, 0.15) is 23.7 Å². The zero-order valence-electron chi connectivity index (χ0n) is 9.95. The molecule has 2 rings (SSSR count). The number of aromatic nitrogens is 1. The molecule has 1 saturated heterocycles. The summed E-state index contributed by atoms with van der Waals surface area (Å²) in [5, 5.41) is 3.34. The lowest BCUT2D eigenvalue weighted by molar-refractivity contribution is 0.0907. The van der Waals surface area contributed by atoms with E-state index in [9.17, 15) is 4.79 Å². The summed E-state index contributed by atoms with van der Waals surface area (Å²) < 4.78 is 5.44. The van der Waals surface area contributed by atoms with Crippen LogP contribution in [0.15, 0.2) is 12.3 Å². The maximum atomic E-state index is 11.9. The van der Waals surface area contributed by atoms with E-state index < -0.39 is 0 Å². The van der Waals surface area contributed by atoms with Gasteiger partial charge in [0, 0.05) is 25.3 Å². The van der Waals surface area contributed by atoms with Crippen LogP contribution in [0.2, 0.25) is 10.2 Å². The van der Waals surface area contributed by atoms with Gasteiger partial charge in [-0.15, -0.1) is 0 Å². The Morgan fingerprint density at radius 1 is 1.61 bits per heavy atom. The van der Waals surface area contributed by atoms with Crippen molar-refractivity contribution in [3.8, 4) is 0 Å². The lowest BCUT2D eigenvalue weighted by Gasteiger charge is -2.14.